The molecule has 14 nitrogen and oxygen atoms in total. The smallest absolute Gasteiger partial charge is 0.202 e. The SMILES string of the molecule is c1c(N2CCCN3CCCN=C32)nc2c(ccc3c(N4CCCN5CCCN=C54)cc(N4CCCN5CCCN=C54)nc32)c1N1CCCN2CCCN=C21. The topological polar surface area (TPSA) is 101 Å². The van der Waals surface area contributed by atoms with Crippen molar-refractivity contribution in [1.29, 1.82) is 0 Å². The molecule has 14 heteroatoms. The Morgan fingerprint density at radius 1 is 0.352 bits per heavy atom. The maximum Gasteiger partial charge on any atom is 0.202 e. The first-order valence-corrected chi connectivity index (χ1v) is 20.8. The highest BCUT2D eigenvalue weighted by Gasteiger charge is 2.35. The molecule has 10 heterocycles. The van der Waals surface area contributed by atoms with Gasteiger partial charge in [0.15, 0.2) is 0 Å². The number of anilines is 4. The van der Waals surface area contributed by atoms with E-state index in [0.29, 0.717) is 0 Å². The summed E-state index contributed by atoms with van der Waals surface area (Å²) in [6, 6.07) is 9.29. The Balaban J connectivity index is 1.16. The third-order valence-corrected chi connectivity index (χ3v) is 12.5. The molecule has 8 aliphatic rings. The van der Waals surface area contributed by atoms with Gasteiger partial charge in [0.05, 0.1) is 11.4 Å². The zero-order valence-corrected chi connectivity index (χ0v) is 31.5. The van der Waals surface area contributed by atoms with Gasteiger partial charge >= 0.3 is 0 Å². The van der Waals surface area contributed by atoms with E-state index in [1.807, 2.05) is 0 Å². The second-order valence-electron chi connectivity index (χ2n) is 16.0. The zero-order chi connectivity index (χ0) is 35.6. The highest BCUT2D eigenvalue weighted by atomic mass is 15.5. The molecule has 54 heavy (non-hydrogen) atoms. The van der Waals surface area contributed by atoms with Gasteiger partial charge in [-0.2, -0.15) is 0 Å². The predicted molar refractivity (Wildman–Crippen MR) is 219 cm³/mol. The summed E-state index contributed by atoms with van der Waals surface area (Å²) >= 11 is 0. The lowest BCUT2D eigenvalue weighted by atomic mass is 10.0. The summed E-state index contributed by atoms with van der Waals surface area (Å²) in [7, 11) is 0. The second-order valence-corrected chi connectivity index (χ2v) is 16.0. The fourth-order valence-corrected chi connectivity index (χ4v) is 10.0. The van der Waals surface area contributed by atoms with E-state index in [1.54, 1.807) is 0 Å². The van der Waals surface area contributed by atoms with E-state index in [1.165, 1.54) is 11.4 Å². The summed E-state index contributed by atoms with van der Waals surface area (Å²) in [5.41, 5.74) is 4.24. The molecular weight excluding hydrogens is 677 g/mol. The maximum atomic E-state index is 5.67. The molecule has 0 N–H and O–H groups in total. The third kappa shape index (κ3) is 5.41. The maximum absolute atomic E-state index is 5.67. The average molecular weight is 729 g/mol. The molecule has 0 saturated carbocycles. The summed E-state index contributed by atoms with van der Waals surface area (Å²) < 4.78 is 0. The minimum Gasteiger partial charge on any atom is -0.342 e. The number of hydrogen-bond acceptors (Lipinski definition) is 14. The largest absolute Gasteiger partial charge is 0.342 e. The lowest BCUT2D eigenvalue weighted by Crippen LogP contribution is -2.53. The number of pyridine rings is 2. The first-order chi connectivity index (χ1) is 26.8. The zero-order valence-electron chi connectivity index (χ0n) is 31.5. The van der Waals surface area contributed by atoms with Gasteiger partial charge in [0, 0.05) is 128 Å². The molecule has 282 valence electrons. The van der Waals surface area contributed by atoms with Gasteiger partial charge in [0.1, 0.15) is 22.7 Å². The highest BCUT2D eigenvalue weighted by Crippen LogP contribution is 2.41. The number of rotatable bonds is 4. The molecule has 0 bridgehead atoms. The van der Waals surface area contributed by atoms with E-state index in [-0.39, 0.29) is 0 Å². The van der Waals surface area contributed by atoms with E-state index in [2.05, 4.69) is 63.5 Å². The average Bonchev–Trinajstić information content (AvgIpc) is 3.24. The van der Waals surface area contributed by atoms with E-state index >= 15 is 0 Å². The molecule has 0 amide bonds. The normalized spacial score (nSPS) is 23.4. The summed E-state index contributed by atoms with van der Waals surface area (Å²) in [5, 5.41) is 2.25. The van der Waals surface area contributed by atoms with Gasteiger partial charge in [-0.3, -0.25) is 29.8 Å². The fourth-order valence-electron chi connectivity index (χ4n) is 10.0. The molecule has 2 aromatic heterocycles. The van der Waals surface area contributed by atoms with Crippen molar-refractivity contribution in [3.8, 4) is 0 Å². The van der Waals surface area contributed by atoms with Gasteiger partial charge in [-0.1, -0.05) is 0 Å². The van der Waals surface area contributed by atoms with Crippen LogP contribution < -0.4 is 19.6 Å². The van der Waals surface area contributed by atoms with Gasteiger partial charge in [0.2, 0.25) is 23.8 Å². The van der Waals surface area contributed by atoms with Crippen molar-refractivity contribution in [2.75, 3.05) is 124 Å². The number of nitrogens with zero attached hydrogens (tertiary/aromatic N) is 14. The van der Waals surface area contributed by atoms with E-state index < -0.39 is 0 Å². The van der Waals surface area contributed by atoms with Crippen LogP contribution in [0.1, 0.15) is 51.4 Å². The van der Waals surface area contributed by atoms with Gasteiger partial charge in [0.25, 0.3) is 0 Å². The van der Waals surface area contributed by atoms with Crippen LogP contribution in [0.5, 0.6) is 0 Å². The number of guanidine groups is 4. The molecule has 0 atom stereocenters. The van der Waals surface area contributed by atoms with Crippen LogP contribution in [-0.4, -0.2) is 158 Å². The Bertz CT molecular complexity index is 1940. The number of benzene rings is 1. The van der Waals surface area contributed by atoms with Crippen molar-refractivity contribution < 1.29 is 0 Å². The van der Waals surface area contributed by atoms with E-state index in [4.69, 9.17) is 29.9 Å². The first-order valence-electron chi connectivity index (χ1n) is 20.8. The number of aliphatic imine (C=N–C) groups is 4. The van der Waals surface area contributed by atoms with Gasteiger partial charge in [-0.05, 0) is 63.5 Å². The molecule has 3 aromatic rings. The monoisotopic (exact) mass is 728 g/mol. The van der Waals surface area contributed by atoms with Crippen LogP contribution in [0.4, 0.5) is 23.0 Å². The lowest BCUT2D eigenvalue weighted by Gasteiger charge is -2.43. The van der Waals surface area contributed by atoms with E-state index in [0.717, 1.165) is 213 Å². The molecule has 4 saturated heterocycles. The lowest BCUT2D eigenvalue weighted by molar-refractivity contribution is 0.359. The Hall–Kier alpha value is -4.88. The molecular formula is C40H52N14. The molecule has 0 aliphatic carbocycles. The van der Waals surface area contributed by atoms with Crippen LogP contribution in [0.15, 0.2) is 44.2 Å². The van der Waals surface area contributed by atoms with Crippen molar-refractivity contribution in [1.82, 2.24) is 29.6 Å². The molecule has 4 fully saturated rings. The van der Waals surface area contributed by atoms with Crippen molar-refractivity contribution in [2.24, 2.45) is 20.0 Å². The Labute approximate surface area is 317 Å². The van der Waals surface area contributed by atoms with Crippen LogP contribution in [0.2, 0.25) is 0 Å². The second kappa shape index (κ2) is 13.5. The number of hydrogen-bond donors (Lipinski definition) is 0. The predicted octanol–water partition coefficient (Wildman–Crippen LogP) is 3.87. The standard InChI is InChI=1S/C40H52N14/c1-11-41-37-47(15-1)19-5-23-51(37)31-27-33(53-25-7-21-49-17-3-13-43-39(49)53)45-35-29(31)9-10-30-32(52-24-6-20-48-16-2-12-42-38(48)52)28-34(46-36(30)35)54-26-8-22-50-18-4-14-44-40(50)54/h9-10,27-28H,1-8,11-26H2. The molecule has 11 rings (SSSR count). The highest BCUT2D eigenvalue weighted by molar-refractivity contribution is 6.17. The molecule has 0 unspecified atom stereocenters. The van der Waals surface area contributed by atoms with Crippen LogP contribution >= 0.6 is 0 Å². The minimum absolute atomic E-state index is 0.866. The Morgan fingerprint density at radius 2 is 0.667 bits per heavy atom. The summed E-state index contributed by atoms with van der Waals surface area (Å²) in [5.74, 6) is 6.27. The molecule has 0 radical (unpaired) electrons. The van der Waals surface area contributed by atoms with Crippen LogP contribution in [0.3, 0.4) is 0 Å². The Morgan fingerprint density at radius 3 is 1.04 bits per heavy atom. The quantitative estimate of drug-likeness (QED) is 0.369. The summed E-state index contributed by atoms with van der Waals surface area (Å²) in [4.78, 5) is 51.5. The Kier molecular flexibility index (Phi) is 8.11. The van der Waals surface area contributed by atoms with Crippen molar-refractivity contribution in [2.45, 2.75) is 51.4 Å². The number of aromatic nitrogens is 2. The van der Waals surface area contributed by atoms with E-state index in [9.17, 15) is 0 Å². The summed E-state index contributed by atoms with van der Waals surface area (Å²) in [6.45, 7) is 15.6. The van der Waals surface area contributed by atoms with Crippen LogP contribution in [0, 0.1) is 0 Å². The van der Waals surface area contributed by atoms with Crippen molar-refractivity contribution >= 4 is 68.7 Å². The van der Waals surface area contributed by atoms with Gasteiger partial charge in [-0.15, -0.1) is 0 Å². The molecule has 8 aliphatic heterocycles. The minimum atomic E-state index is 0.866. The van der Waals surface area contributed by atoms with Crippen molar-refractivity contribution in [3.63, 3.8) is 0 Å². The number of fused-ring (bicyclic) bond motifs is 7. The van der Waals surface area contributed by atoms with Crippen LogP contribution in [0.25, 0.3) is 21.8 Å². The third-order valence-electron chi connectivity index (χ3n) is 12.5. The fraction of sp³-hybridized carbons (Fsp3) is 0.600. The first kappa shape index (κ1) is 32.5. The molecule has 1 aromatic carbocycles. The van der Waals surface area contributed by atoms with Crippen molar-refractivity contribution in [3.05, 3.63) is 24.3 Å². The molecule has 0 spiro atoms. The van der Waals surface area contributed by atoms with Gasteiger partial charge in [-0.25, -0.2) is 9.97 Å². The summed E-state index contributed by atoms with van der Waals surface area (Å²) in [6.07, 6.45) is 8.81. The van der Waals surface area contributed by atoms with Crippen LogP contribution in [-0.2, 0) is 0 Å². The van der Waals surface area contributed by atoms with Gasteiger partial charge < -0.3 is 29.4 Å².